The van der Waals surface area contributed by atoms with E-state index in [1.54, 1.807) is 36.4 Å². The minimum absolute atomic E-state index is 0.0155. The summed E-state index contributed by atoms with van der Waals surface area (Å²) in [6.07, 6.45) is 6.75. The number of ether oxygens (including phenoxy) is 3. The number of nitrogens with zero attached hydrogens (tertiary/aromatic N) is 1. The van der Waals surface area contributed by atoms with Crippen molar-refractivity contribution in [2.45, 2.75) is 6.92 Å². The molecule has 0 unspecified atom stereocenters. The van der Waals surface area contributed by atoms with Gasteiger partial charge in [-0.25, -0.2) is 9.69 Å². The van der Waals surface area contributed by atoms with Crippen LogP contribution in [0.4, 0.5) is 10.5 Å². The van der Waals surface area contributed by atoms with Crippen LogP contribution in [-0.2, 0) is 9.59 Å². The van der Waals surface area contributed by atoms with E-state index >= 15 is 0 Å². The van der Waals surface area contributed by atoms with E-state index in [-0.39, 0.29) is 12.3 Å². The molecule has 2 N–H and O–H groups in total. The normalized spacial score (nSPS) is 13.9. The number of carbonyl (C=O) groups excluding carboxylic acids is 3. The topological polar surface area (TPSA) is 106 Å². The van der Waals surface area contributed by atoms with E-state index in [0.29, 0.717) is 39.6 Å². The lowest BCUT2D eigenvalue weighted by molar-refractivity contribution is -0.127. The number of imide groups is 1. The fraction of sp³-hybridized carbons (Fsp3) is 0.208. The molecule has 9 nitrogen and oxygen atoms in total. The molecule has 1 aliphatic rings. The molecule has 0 spiro atoms. The number of halogens is 1. The number of terminal acetylenes is 1. The van der Waals surface area contributed by atoms with Gasteiger partial charge in [0.1, 0.15) is 24.6 Å². The number of methoxy groups -OCH3 is 1. The summed E-state index contributed by atoms with van der Waals surface area (Å²) in [5.74, 6) is 2.51. The number of rotatable bonds is 9. The molecular weight excluding hydrogens is 506 g/mol. The third kappa shape index (κ3) is 5.68. The Morgan fingerprint density at radius 3 is 2.71 bits per heavy atom. The zero-order chi connectivity index (χ0) is 24.7. The summed E-state index contributed by atoms with van der Waals surface area (Å²) in [7, 11) is 1.47. The first-order chi connectivity index (χ1) is 16.4. The molecule has 0 saturated carbocycles. The van der Waals surface area contributed by atoms with Crippen molar-refractivity contribution in [3.05, 3.63) is 52.1 Å². The highest BCUT2D eigenvalue weighted by molar-refractivity contribution is 9.10. The second kappa shape index (κ2) is 11.2. The highest BCUT2D eigenvalue weighted by Crippen LogP contribution is 2.37. The monoisotopic (exact) mass is 527 g/mol. The lowest BCUT2D eigenvalue weighted by Crippen LogP contribution is -2.38. The van der Waals surface area contributed by atoms with Gasteiger partial charge < -0.3 is 24.8 Å². The van der Waals surface area contributed by atoms with Gasteiger partial charge in [0.05, 0.1) is 23.9 Å². The van der Waals surface area contributed by atoms with Gasteiger partial charge in [0.25, 0.3) is 5.91 Å². The Labute approximate surface area is 205 Å². The van der Waals surface area contributed by atoms with E-state index in [1.807, 2.05) is 6.92 Å². The summed E-state index contributed by atoms with van der Waals surface area (Å²) in [4.78, 5) is 38.5. The molecule has 10 heteroatoms. The van der Waals surface area contributed by atoms with Crippen LogP contribution >= 0.6 is 15.9 Å². The SMILES string of the molecule is C#CCOc1c(Br)cc(/C=C2/NC(=O)N(CC(=O)Nc3ccccc3OC)C2=O)cc1OCC. The van der Waals surface area contributed by atoms with Crippen LogP contribution in [0, 0.1) is 12.3 Å². The highest BCUT2D eigenvalue weighted by atomic mass is 79.9. The zero-order valence-corrected chi connectivity index (χ0v) is 20.1. The van der Waals surface area contributed by atoms with Crippen LogP contribution in [0.1, 0.15) is 12.5 Å². The van der Waals surface area contributed by atoms with Gasteiger partial charge in [-0.3, -0.25) is 9.59 Å². The summed E-state index contributed by atoms with van der Waals surface area (Å²) in [6, 6.07) is 9.46. The summed E-state index contributed by atoms with van der Waals surface area (Å²) in [6.45, 7) is 1.79. The summed E-state index contributed by atoms with van der Waals surface area (Å²) < 4.78 is 16.9. The first-order valence-corrected chi connectivity index (χ1v) is 11.0. The van der Waals surface area contributed by atoms with Crippen molar-refractivity contribution in [2.75, 3.05) is 32.2 Å². The van der Waals surface area contributed by atoms with Crippen LogP contribution < -0.4 is 24.8 Å². The number of hydrogen-bond donors (Lipinski definition) is 2. The van der Waals surface area contributed by atoms with Crippen molar-refractivity contribution in [2.24, 2.45) is 0 Å². The Balaban J connectivity index is 1.78. The number of amides is 4. The molecule has 1 fully saturated rings. The molecule has 176 valence electrons. The molecule has 0 bridgehead atoms. The van der Waals surface area contributed by atoms with Gasteiger partial charge >= 0.3 is 6.03 Å². The van der Waals surface area contributed by atoms with E-state index in [1.165, 1.54) is 13.2 Å². The minimum atomic E-state index is -0.704. The molecule has 0 aromatic heterocycles. The standard InChI is InChI=1S/C24H22BrN3O6/c1-4-10-34-22-16(25)11-15(13-20(22)33-5-2)12-18-23(30)28(24(31)27-18)14-21(29)26-17-8-6-7-9-19(17)32-3/h1,6-9,11-13H,5,10,14H2,2-3H3,(H,26,29)(H,27,31)/b18-12+. The highest BCUT2D eigenvalue weighted by Gasteiger charge is 2.35. The molecule has 2 aromatic carbocycles. The van der Waals surface area contributed by atoms with Gasteiger partial charge in [0.15, 0.2) is 11.5 Å². The Hall–Kier alpha value is -3.97. The summed E-state index contributed by atoms with van der Waals surface area (Å²) in [5.41, 5.74) is 1.01. The van der Waals surface area contributed by atoms with E-state index in [9.17, 15) is 14.4 Å². The van der Waals surface area contributed by atoms with E-state index in [4.69, 9.17) is 20.6 Å². The van der Waals surface area contributed by atoms with Gasteiger partial charge in [0.2, 0.25) is 5.91 Å². The second-order valence-corrected chi connectivity index (χ2v) is 7.74. The number of anilines is 1. The van der Waals surface area contributed by atoms with Crippen LogP contribution in [0.15, 0.2) is 46.6 Å². The summed E-state index contributed by atoms with van der Waals surface area (Å²) in [5, 5.41) is 5.13. The first kappa shape index (κ1) is 24.7. The van der Waals surface area contributed by atoms with Gasteiger partial charge in [-0.2, -0.15) is 0 Å². The van der Waals surface area contributed by atoms with Crippen molar-refractivity contribution in [1.29, 1.82) is 0 Å². The van der Waals surface area contributed by atoms with Crippen LogP contribution in [0.3, 0.4) is 0 Å². The van der Waals surface area contributed by atoms with Crippen LogP contribution in [0.2, 0.25) is 0 Å². The number of urea groups is 1. The summed E-state index contributed by atoms with van der Waals surface area (Å²) >= 11 is 3.41. The average Bonchev–Trinajstić information content (AvgIpc) is 3.06. The van der Waals surface area contributed by atoms with Crippen molar-refractivity contribution < 1.29 is 28.6 Å². The number of nitrogens with one attached hydrogen (secondary N) is 2. The molecule has 0 atom stereocenters. The maximum Gasteiger partial charge on any atom is 0.329 e. The van der Waals surface area contributed by atoms with Gasteiger partial charge in [-0.15, -0.1) is 6.42 Å². The largest absolute Gasteiger partial charge is 0.495 e. The van der Waals surface area contributed by atoms with Crippen molar-refractivity contribution in [1.82, 2.24) is 10.2 Å². The van der Waals surface area contributed by atoms with Crippen molar-refractivity contribution in [3.8, 4) is 29.6 Å². The number of benzene rings is 2. The van der Waals surface area contributed by atoms with Crippen molar-refractivity contribution >= 4 is 45.5 Å². The number of hydrogen-bond acceptors (Lipinski definition) is 6. The maximum absolute atomic E-state index is 12.8. The Morgan fingerprint density at radius 2 is 2.00 bits per heavy atom. The van der Waals surface area contributed by atoms with Gasteiger partial charge in [-0.1, -0.05) is 18.1 Å². The number of carbonyl (C=O) groups is 3. The average molecular weight is 528 g/mol. The molecular formula is C24H22BrN3O6. The van der Waals surface area contributed by atoms with E-state index in [2.05, 4.69) is 32.5 Å². The van der Waals surface area contributed by atoms with Crippen LogP contribution in [-0.4, -0.2) is 49.6 Å². The predicted molar refractivity (Wildman–Crippen MR) is 129 cm³/mol. The van der Waals surface area contributed by atoms with Gasteiger partial charge in [-0.05, 0) is 58.8 Å². The fourth-order valence-corrected chi connectivity index (χ4v) is 3.73. The molecule has 2 aromatic rings. The molecule has 1 heterocycles. The van der Waals surface area contributed by atoms with Crippen LogP contribution in [0.5, 0.6) is 17.2 Å². The minimum Gasteiger partial charge on any atom is -0.495 e. The molecule has 0 aliphatic carbocycles. The predicted octanol–water partition coefficient (Wildman–Crippen LogP) is 3.40. The zero-order valence-electron chi connectivity index (χ0n) is 18.5. The Bertz CT molecular complexity index is 1190. The first-order valence-electron chi connectivity index (χ1n) is 10.2. The molecule has 4 amide bonds. The second-order valence-electron chi connectivity index (χ2n) is 6.88. The quantitative estimate of drug-likeness (QED) is 0.294. The molecule has 34 heavy (non-hydrogen) atoms. The number of para-hydroxylation sites is 2. The molecule has 0 radical (unpaired) electrons. The van der Waals surface area contributed by atoms with Crippen molar-refractivity contribution in [3.63, 3.8) is 0 Å². The Morgan fingerprint density at radius 1 is 1.24 bits per heavy atom. The Kier molecular flexibility index (Phi) is 8.16. The fourth-order valence-electron chi connectivity index (χ4n) is 3.15. The molecule has 3 rings (SSSR count). The third-order valence-corrected chi connectivity index (χ3v) is 5.18. The molecule has 1 saturated heterocycles. The van der Waals surface area contributed by atoms with E-state index in [0.717, 1.165) is 4.90 Å². The van der Waals surface area contributed by atoms with Gasteiger partial charge in [0, 0.05) is 0 Å². The lowest BCUT2D eigenvalue weighted by atomic mass is 10.1. The lowest BCUT2D eigenvalue weighted by Gasteiger charge is -2.14. The smallest absolute Gasteiger partial charge is 0.329 e. The molecule has 1 aliphatic heterocycles. The third-order valence-electron chi connectivity index (χ3n) is 4.59. The van der Waals surface area contributed by atoms with Crippen LogP contribution in [0.25, 0.3) is 6.08 Å². The van der Waals surface area contributed by atoms with E-state index < -0.39 is 24.4 Å². The maximum atomic E-state index is 12.8.